The minimum atomic E-state index is -3.36. The Labute approximate surface area is 104 Å². The van der Waals surface area contributed by atoms with E-state index in [0.29, 0.717) is 39.4 Å². The average Bonchev–Trinajstić information content (AvgIpc) is 2.35. The molecule has 0 saturated carbocycles. The van der Waals surface area contributed by atoms with E-state index in [2.05, 4.69) is 4.72 Å². The summed E-state index contributed by atoms with van der Waals surface area (Å²) in [4.78, 5) is 0. The lowest BCUT2D eigenvalue weighted by molar-refractivity contribution is 0.152. The Bertz CT molecular complexity index is 308. The zero-order valence-corrected chi connectivity index (χ0v) is 11.2. The summed E-state index contributed by atoms with van der Waals surface area (Å²) in [5.74, 6) is 0.284. The van der Waals surface area contributed by atoms with Crippen molar-refractivity contribution >= 4 is 10.2 Å². The lowest BCUT2D eigenvalue weighted by atomic mass is 10.0. The Morgan fingerprint density at radius 1 is 1.53 bits per heavy atom. The molecule has 3 N–H and O–H groups in total. The van der Waals surface area contributed by atoms with Crippen LogP contribution >= 0.6 is 0 Å². The first-order valence-electron chi connectivity index (χ1n) is 6.12. The first-order valence-corrected chi connectivity index (χ1v) is 7.56. The zero-order valence-electron chi connectivity index (χ0n) is 10.4. The highest BCUT2D eigenvalue weighted by molar-refractivity contribution is 7.87. The fourth-order valence-corrected chi connectivity index (χ4v) is 3.22. The summed E-state index contributed by atoms with van der Waals surface area (Å²) in [6.07, 6.45) is 1.90. The molecule has 1 saturated heterocycles. The first-order chi connectivity index (χ1) is 8.10. The second-order valence-electron chi connectivity index (χ2n) is 4.20. The highest BCUT2D eigenvalue weighted by Crippen LogP contribution is 2.17. The van der Waals surface area contributed by atoms with Crippen molar-refractivity contribution in [3.05, 3.63) is 0 Å². The van der Waals surface area contributed by atoms with Gasteiger partial charge < -0.3 is 10.5 Å². The molecule has 0 aromatic heterocycles. The lowest BCUT2D eigenvalue weighted by Gasteiger charge is -2.31. The van der Waals surface area contributed by atoms with Crippen LogP contribution in [-0.4, -0.2) is 52.1 Å². The maximum absolute atomic E-state index is 11.9. The number of rotatable bonds is 7. The van der Waals surface area contributed by atoms with Crippen molar-refractivity contribution < 1.29 is 13.2 Å². The summed E-state index contributed by atoms with van der Waals surface area (Å²) in [7, 11) is -3.36. The van der Waals surface area contributed by atoms with Crippen molar-refractivity contribution in [2.75, 3.05) is 39.4 Å². The fraction of sp³-hybridized carbons (Fsp3) is 1.00. The summed E-state index contributed by atoms with van der Waals surface area (Å²) in [5, 5.41) is 0. The monoisotopic (exact) mass is 265 g/mol. The Hall–Kier alpha value is -0.210. The lowest BCUT2D eigenvalue weighted by Crippen LogP contribution is -2.47. The molecule has 1 heterocycles. The van der Waals surface area contributed by atoms with Crippen LogP contribution in [0.1, 0.15) is 19.8 Å². The number of nitrogens with zero attached hydrogens (tertiary/aromatic N) is 1. The number of piperidine rings is 1. The van der Waals surface area contributed by atoms with Crippen LogP contribution in [0, 0.1) is 5.92 Å². The van der Waals surface area contributed by atoms with Gasteiger partial charge in [0.25, 0.3) is 10.2 Å². The summed E-state index contributed by atoms with van der Waals surface area (Å²) in [5.41, 5.74) is 5.59. The molecular weight excluding hydrogens is 242 g/mol. The highest BCUT2D eigenvalue weighted by Gasteiger charge is 2.27. The molecule has 0 aliphatic carbocycles. The van der Waals surface area contributed by atoms with Gasteiger partial charge >= 0.3 is 0 Å². The van der Waals surface area contributed by atoms with Crippen molar-refractivity contribution in [1.29, 1.82) is 0 Å². The van der Waals surface area contributed by atoms with E-state index in [9.17, 15) is 8.42 Å². The smallest absolute Gasteiger partial charge is 0.279 e. The van der Waals surface area contributed by atoms with Gasteiger partial charge in [-0.25, -0.2) is 0 Å². The summed E-state index contributed by atoms with van der Waals surface area (Å²) in [6, 6.07) is 0. The van der Waals surface area contributed by atoms with Crippen molar-refractivity contribution in [3.63, 3.8) is 0 Å². The summed E-state index contributed by atoms with van der Waals surface area (Å²) >= 11 is 0. The van der Waals surface area contributed by atoms with E-state index >= 15 is 0 Å². The topological polar surface area (TPSA) is 84.7 Å². The summed E-state index contributed by atoms with van der Waals surface area (Å²) < 4.78 is 33.0. The Balaban J connectivity index is 2.40. The molecule has 0 spiro atoms. The van der Waals surface area contributed by atoms with Gasteiger partial charge in [0.15, 0.2) is 0 Å². The number of hydrogen-bond acceptors (Lipinski definition) is 4. The van der Waals surface area contributed by atoms with Crippen LogP contribution in [0.25, 0.3) is 0 Å². The van der Waals surface area contributed by atoms with Gasteiger partial charge in [0.2, 0.25) is 0 Å². The van der Waals surface area contributed by atoms with Gasteiger partial charge in [-0.05, 0) is 32.2 Å². The van der Waals surface area contributed by atoms with Crippen molar-refractivity contribution in [2.24, 2.45) is 11.7 Å². The third kappa shape index (κ3) is 4.89. The van der Waals surface area contributed by atoms with E-state index in [1.807, 2.05) is 6.92 Å². The number of nitrogens with one attached hydrogen (secondary N) is 1. The van der Waals surface area contributed by atoms with Gasteiger partial charge in [0.05, 0.1) is 6.61 Å². The van der Waals surface area contributed by atoms with Gasteiger partial charge in [-0.2, -0.15) is 17.4 Å². The third-order valence-corrected chi connectivity index (χ3v) is 4.47. The van der Waals surface area contributed by atoms with Crippen molar-refractivity contribution in [3.8, 4) is 0 Å². The fourth-order valence-electron chi connectivity index (χ4n) is 1.92. The minimum Gasteiger partial charge on any atom is -0.380 e. The Morgan fingerprint density at radius 2 is 2.29 bits per heavy atom. The predicted octanol–water partition coefficient (Wildman–Crippen LogP) is -0.472. The molecule has 17 heavy (non-hydrogen) atoms. The molecule has 0 bridgehead atoms. The molecule has 0 aromatic rings. The van der Waals surface area contributed by atoms with E-state index < -0.39 is 10.2 Å². The molecule has 0 aromatic carbocycles. The second kappa shape index (κ2) is 7.27. The van der Waals surface area contributed by atoms with Crippen molar-refractivity contribution in [1.82, 2.24) is 9.03 Å². The van der Waals surface area contributed by atoms with Crippen molar-refractivity contribution in [2.45, 2.75) is 19.8 Å². The van der Waals surface area contributed by atoms with Crippen LogP contribution in [0.3, 0.4) is 0 Å². The highest BCUT2D eigenvalue weighted by atomic mass is 32.2. The number of ether oxygens (including phenoxy) is 1. The van der Waals surface area contributed by atoms with Gasteiger partial charge in [0, 0.05) is 26.2 Å². The van der Waals surface area contributed by atoms with E-state index in [1.54, 1.807) is 0 Å². The largest absolute Gasteiger partial charge is 0.380 e. The molecule has 1 atom stereocenters. The van der Waals surface area contributed by atoms with Crippen LogP contribution in [0.5, 0.6) is 0 Å². The van der Waals surface area contributed by atoms with Crippen LogP contribution < -0.4 is 10.5 Å². The van der Waals surface area contributed by atoms with Crippen LogP contribution in [0.2, 0.25) is 0 Å². The SMILES string of the molecule is CCOCCNS(=O)(=O)N1CCCC(CN)C1. The standard InChI is InChI=1S/C10H23N3O3S/c1-2-16-7-5-12-17(14,15)13-6-3-4-10(8-11)9-13/h10,12H,2-9,11H2,1H3. The van der Waals surface area contributed by atoms with Gasteiger partial charge in [-0.15, -0.1) is 0 Å². The predicted molar refractivity (Wildman–Crippen MR) is 66.8 cm³/mol. The summed E-state index contributed by atoms with van der Waals surface area (Å²) in [6.45, 7) is 4.86. The van der Waals surface area contributed by atoms with Gasteiger partial charge in [0.1, 0.15) is 0 Å². The van der Waals surface area contributed by atoms with Gasteiger partial charge in [-0.3, -0.25) is 0 Å². The third-order valence-electron chi connectivity index (χ3n) is 2.89. The molecule has 6 nitrogen and oxygen atoms in total. The Morgan fingerprint density at radius 3 is 2.94 bits per heavy atom. The molecule has 0 radical (unpaired) electrons. The maximum Gasteiger partial charge on any atom is 0.279 e. The number of hydrogen-bond donors (Lipinski definition) is 2. The average molecular weight is 265 g/mol. The molecule has 0 amide bonds. The quantitative estimate of drug-likeness (QED) is 0.609. The van der Waals surface area contributed by atoms with Gasteiger partial charge in [-0.1, -0.05) is 0 Å². The minimum absolute atomic E-state index is 0.284. The molecule has 1 rings (SSSR count). The molecule has 1 aliphatic rings. The maximum atomic E-state index is 11.9. The van der Waals surface area contributed by atoms with Crippen LogP contribution in [-0.2, 0) is 14.9 Å². The number of nitrogens with two attached hydrogens (primary N) is 1. The Kier molecular flexibility index (Phi) is 6.35. The first kappa shape index (κ1) is 14.8. The van der Waals surface area contributed by atoms with E-state index in [1.165, 1.54) is 4.31 Å². The molecule has 1 unspecified atom stereocenters. The normalized spacial score (nSPS) is 22.8. The van der Waals surface area contributed by atoms with Crippen LogP contribution in [0.15, 0.2) is 0 Å². The molecular formula is C10H23N3O3S. The van der Waals surface area contributed by atoms with E-state index in [-0.39, 0.29) is 5.92 Å². The zero-order chi connectivity index (χ0) is 12.7. The molecule has 1 fully saturated rings. The molecule has 102 valence electrons. The van der Waals surface area contributed by atoms with Crippen LogP contribution in [0.4, 0.5) is 0 Å². The molecule has 1 aliphatic heterocycles. The van der Waals surface area contributed by atoms with E-state index in [0.717, 1.165) is 12.8 Å². The van der Waals surface area contributed by atoms with E-state index in [4.69, 9.17) is 10.5 Å². The second-order valence-corrected chi connectivity index (χ2v) is 5.95. The molecule has 7 heteroatoms.